The molecule has 2 aliphatic rings. The Morgan fingerprint density at radius 1 is 0.947 bits per heavy atom. The van der Waals surface area contributed by atoms with Gasteiger partial charge in [0, 0.05) is 6.04 Å². The van der Waals surface area contributed by atoms with Crippen molar-refractivity contribution >= 4 is 0 Å². The molecule has 0 spiro atoms. The predicted octanol–water partition coefficient (Wildman–Crippen LogP) is 3.79. The molecule has 2 N–H and O–H groups in total. The van der Waals surface area contributed by atoms with Crippen LogP contribution in [0.4, 0.5) is 0 Å². The van der Waals surface area contributed by atoms with Crippen LogP contribution in [0, 0.1) is 0 Å². The van der Waals surface area contributed by atoms with Gasteiger partial charge in [0.15, 0.2) is 0 Å². The molecule has 96 valence electrons. The summed E-state index contributed by atoms with van der Waals surface area (Å²) >= 11 is 0. The molecule has 2 aromatic rings. The molecule has 0 fully saturated rings. The first kappa shape index (κ1) is 11.2. The predicted molar refractivity (Wildman–Crippen MR) is 79.2 cm³/mol. The molecule has 1 heteroatoms. The van der Waals surface area contributed by atoms with Gasteiger partial charge >= 0.3 is 0 Å². The summed E-state index contributed by atoms with van der Waals surface area (Å²) in [5.74, 6) is 0. The van der Waals surface area contributed by atoms with Crippen LogP contribution >= 0.6 is 0 Å². The third-order valence-electron chi connectivity index (χ3n) is 4.73. The smallest absolute Gasteiger partial charge is 0.0300 e. The van der Waals surface area contributed by atoms with Gasteiger partial charge in [-0.25, -0.2) is 0 Å². The van der Waals surface area contributed by atoms with Gasteiger partial charge in [-0.3, -0.25) is 0 Å². The molecule has 0 saturated heterocycles. The van der Waals surface area contributed by atoms with Crippen LogP contribution in [-0.4, -0.2) is 0 Å². The van der Waals surface area contributed by atoms with E-state index in [0.717, 1.165) is 12.8 Å². The Hall–Kier alpha value is -1.60. The van der Waals surface area contributed by atoms with Crippen molar-refractivity contribution in [2.24, 2.45) is 5.73 Å². The second kappa shape index (κ2) is 4.21. The molecule has 2 aliphatic carbocycles. The lowest BCUT2D eigenvalue weighted by Gasteiger charge is -2.11. The quantitative estimate of drug-likeness (QED) is 0.817. The minimum absolute atomic E-state index is 0.240. The molecule has 1 unspecified atom stereocenters. The highest BCUT2D eigenvalue weighted by atomic mass is 14.6. The Morgan fingerprint density at radius 3 is 2.79 bits per heavy atom. The zero-order valence-corrected chi connectivity index (χ0v) is 11.2. The number of hydrogen-bond acceptors (Lipinski definition) is 1. The van der Waals surface area contributed by atoms with Crippen molar-refractivity contribution in [1.29, 1.82) is 0 Å². The van der Waals surface area contributed by atoms with E-state index >= 15 is 0 Å². The van der Waals surface area contributed by atoms with Gasteiger partial charge in [-0.05, 0) is 65.5 Å². The normalized spacial score (nSPS) is 20.4. The summed E-state index contributed by atoms with van der Waals surface area (Å²) < 4.78 is 0. The standard InChI is InChI=1S/C18H19N/c19-18-10-9-16-15(5-2-6-17(16)18)14-8-7-12-3-1-4-13(12)11-14/h2,5-8,11,18H,1,3-4,9-10,19H2. The zero-order chi connectivity index (χ0) is 12.8. The van der Waals surface area contributed by atoms with Crippen molar-refractivity contribution in [3.8, 4) is 11.1 Å². The Kier molecular flexibility index (Phi) is 2.49. The second-order valence-corrected chi connectivity index (χ2v) is 5.86. The number of nitrogens with two attached hydrogens (primary N) is 1. The fraction of sp³-hybridized carbons (Fsp3) is 0.333. The van der Waals surface area contributed by atoms with Crippen LogP contribution in [0.25, 0.3) is 11.1 Å². The Balaban J connectivity index is 1.85. The van der Waals surface area contributed by atoms with E-state index < -0.39 is 0 Å². The van der Waals surface area contributed by atoms with E-state index in [9.17, 15) is 0 Å². The molecule has 0 aliphatic heterocycles. The highest BCUT2D eigenvalue weighted by molar-refractivity contribution is 5.71. The van der Waals surface area contributed by atoms with E-state index in [2.05, 4.69) is 36.4 Å². The SMILES string of the molecule is NC1CCc2c(-c3ccc4c(c3)CCC4)cccc21. The maximum Gasteiger partial charge on any atom is 0.0300 e. The number of benzene rings is 2. The molecular weight excluding hydrogens is 230 g/mol. The number of rotatable bonds is 1. The third-order valence-corrected chi connectivity index (χ3v) is 4.73. The zero-order valence-electron chi connectivity index (χ0n) is 11.2. The first-order valence-electron chi connectivity index (χ1n) is 7.32. The Labute approximate surface area is 114 Å². The first-order chi connectivity index (χ1) is 9.33. The van der Waals surface area contributed by atoms with Gasteiger partial charge in [0.05, 0.1) is 0 Å². The topological polar surface area (TPSA) is 26.0 Å². The van der Waals surface area contributed by atoms with Gasteiger partial charge < -0.3 is 5.73 Å². The van der Waals surface area contributed by atoms with Crippen LogP contribution < -0.4 is 5.73 Å². The van der Waals surface area contributed by atoms with E-state index in [-0.39, 0.29) is 6.04 Å². The second-order valence-electron chi connectivity index (χ2n) is 5.86. The van der Waals surface area contributed by atoms with E-state index in [1.54, 1.807) is 11.1 Å². The molecule has 0 saturated carbocycles. The van der Waals surface area contributed by atoms with Gasteiger partial charge in [-0.2, -0.15) is 0 Å². The van der Waals surface area contributed by atoms with Gasteiger partial charge in [-0.1, -0.05) is 36.4 Å². The average molecular weight is 249 g/mol. The number of aryl methyl sites for hydroxylation is 2. The maximum absolute atomic E-state index is 6.18. The highest BCUT2D eigenvalue weighted by Crippen LogP contribution is 2.37. The molecule has 0 bridgehead atoms. The fourth-order valence-electron chi connectivity index (χ4n) is 3.70. The van der Waals surface area contributed by atoms with Crippen LogP contribution in [-0.2, 0) is 19.3 Å². The molecule has 0 heterocycles. The molecule has 2 aromatic carbocycles. The lowest BCUT2D eigenvalue weighted by Crippen LogP contribution is -2.04. The molecular formula is C18H19N. The van der Waals surface area contributed by atoms with Gasteiger partial charge in [-0.15, -0.1) is 0 Å². The first-order valence-corrected chi connectivity index (χ1v) is 7.32. The van der Waals surface area contributed by atoms with Crippen molar-refractivity contribution in [2.45, 2.75) is 38.1 Å². The summed E-state index contributed by atoms with van der Waals surface area (Å²) in [5.41, 5.74) is 14.9. The summed E-state index contributed by atoms with van der Waals surface area (Å²) in [7, 11) is 0. The minimum Gasteiger partial charge on any atom is -0.324 e. The summed E-state index contributed by atoms with van der Waals surface area (Å²) in [5, 5.41) is 0. The van der Waals surface area contributed by atoms with Crippen LogP contribution in [0.2, 0.25) is 0 Å². The lowest BCUT2D eigenvalue weighted by atomic mass is 9.94. The average Bonchev–Trinajstić information content (AvgIpc) is 3.05. The summed E-state index contributed by atoms with van der Waals surface area (Å²) in [6, 6.07) is 13.9. The molecule has 1 atom stereocenters. The van der Waals surface area contributed by atoms with Crippen molar-refractivity contribution in [3.05, 3.63) is 58.7 Å². The highest BCUT2D eigenvalue weighted by Gasteiger charge is 2.22. The minimum atomic E-state index is 0.240. The largest absolute Gasteiger partial charge is 0.324 e. The van der Waals surface area contributed by atoms with Crippen LogP contribution in [0.5, 0.6) is 0 Å². The summed E-state index contributed by atoms with van der Waals surface area (Å²) in [4.78, 5) is 0. The van der Waals surface area contributed by atoms with Gasteiger partial charge in [0.1, 0.15) is 0 Å². The summed E-state index contributed by atoms with van der Waals surface area (Å²) in [6.45, 7) is 0. The van der Waals surface area contributed by atoms with Crippen LogP contribution in [0.3, 0.4) is 0 Å². The van der Waals surface area contributed by atoms with E-state index in [4.69, 9.17) is 5.73 Å². The molecule has 4 rings (SSSR count). The van der Waals surface area contributed by atoms with Crippen LogP contribution in [0.15, 0.2) is 36.4 Å². The number of fused-ring (bicyclic) bond motifs is 2. The van der Waals surface area contributed by atoms with Crippen LogP contribution in [0.1, 0.15) is 41.1 Å². The lowest BCUT2D eigenvalue weighted by molar-refractivity contribution is 0.713. The Bertz CT molecular complexity index is 642. The van der Waals surface area contributed by atoms with Gasteiger partial charge in [0.2, 0.25) is 0 Å². The monoisotopic (exact) mass is 249 g/mol. The molecule has 0 radical (unpaired) electrons. The van der Waals surface area contributed by atoms with Crippen molar-refractivity contribution in [2.75, 3.05) is 0 Å². The maximum atomic E-state index is 6.18. The molecule has 1 nitrogen and oxygen atoms in total. The third kappa shape index (κ3) is 1.73. The van der Waals surface area contributed by atoms with Crippen molar-refractivity contribution in [1.82, 2.24) is 0 Å². The van der Waals surface area contributed by atoms with E-state index in [1.807, 2.05) is 0 Å². The molecule has 0 amide bonds. The molecule has 0 aromatic heterocycles. The Morgan fingerprint density at radius 2 is 1.84 bits per heavy atom. The molecule has 19 heavy (non-hydrogen) atoms. The fourth-order valence-corrected chi connectivity index (χ4v) is 3.70. The van der Waals surface area contributed by atoms with E-state index in [1.165, 1.54) is 41.5 Å². The van der Waals surface area contributed by atoms with Gasteiger partial charge in [0.25, 0.3) is 0 Å². The van der Waals surface area contributed by atoms with Crippen molar-refractivity contribution in [3.63, 3.8) is 0 Å². The number of hydrogen-bond donors (Lipinski definition) is 1. The van der Waals surface area contributed by atoms with Crippen molar-refractivity contribution < 1.29 is 0 Å². The summed E-state index contributed by atoms with van der Waals surface area (Å²) in [6.07, 6.45) is 6.04. The van der Waals surface area contributed by atoms with E-state index in [0.29, 0.717) is 0 Å².